The summed E-state index contributed by atoms with van der Waals surface area (Å²) in [5.74, 6) is -3.35. The van der Waals surface area contributed by atoms with E-state index in [2.05, 4.69) is 46.9 Å². The smallest absolute Gasteiger partial charge is 0.243 e. The fourth-order valence-corrected chi connectivity index (χ4v) is 7.68. The number of aliphatic imine (C=N–C) groups is 1. The molecular formula is C46H64N12O7. The minimum atomic E-state index is -1.56. The summed E-state index contributed by atoms with van der Waals surface area (Å²) in [6.07, 6.45) is 4.03. The van der Waals surface area contributed by atoms with Crippen LogP contribution >= 0.6 is 0 Å². The van der Waals surface area contributed by atoms with E-state index in [0.717, 1.165) is 22.0 Å². The maximum atomic E-state index is 14.5. The predicted octanol–water partition coefficient (Wildman–Crippen LogP) is -0.146. The number of amides is 5. The fourth-order valence-electron chi connectivity index (χ4n) is 7.68. The molecule has 4 aromatic rings. The van der Waals surface area contributed by atoms with E-state index in [4.69, 9.17) is 17.2 Å². The molecule has 0 radical (unpaired) electrons. The van der Waals surface area contributed by atoms with Gasteiger partial charge in [0.25, 0.3) is 0 Å². The Morgan fingerprint density at radius 1 is 0.800 bits per heavy atom. The third kappa shape index (κ3) is 16.0. The van der Waals surface area contributed by atoms with Crippen molar-refractivity contribution in [1.82, 2.24) is 41.9 Å². The number of benzene rings is 2. The molecule has 3 heterocycles. The van der Waals surface area contributed by atoms with Crippen molar-refractivity contribution in [3.63, 3.8) is 0 Å². The highest BCUT2D eigenvalue weighted by Gasteiger charge is 2.34. The number of hydrogen-bond donors (Lipinski definition) is 12. The number of aliphatic hydroxyl groups is 2. The largest absolute Gasteiger partial charge is 0.377 e. The first kappa shape index (κ1) is 49.6. The van der Waals surface area contributed by atoms with Crippen LogP contribution in [0.15, 0.2) is 90.3 Å². The van der Waals surface area contributed by atoms with Gasteiger partial charge in [0.15, 0.2) is 5.96 Å². The van der Waals surface area contributed by atoms with Crippen LogP contribution in [0, 0.1) is 5.92 Å². The molecule has 1 aliphatic rings. The average Bonchev–Trinajstić information content (AvgIpc) is 3.70. The Hall–Kier alpha value is -6.41. The topological polar surface area (TPSA) is 317 Å². The lowest BCUT2D eigenvalue weighted by Crippen LogP contribution is -2.61. The van der Waals surface area contributed by atoms with Crippen molar-refractivity contribution in [1.29, 1.82) is 0 Å². The summed E-state index contributed by atoms with van der Waals surface area (Å²) in [4.78, 5) is 81.0. The second-order valence-corrected chi connectivity index (χ2v) is 16.6. The van der Waals surface area contributed by atoms with Crippen molar-refractivity contribution in [3.8, 4) is 0 Å². The second-order valence-electron chi connectivity index (χ2n) is 16.6. The Balaban J connectivity index is 1.50. The summed E-state index contributed by atoms with van der Waals surface area (Å²) < 4.78 is 0. The van der Waals surface area contributed by atoms with Crippen LogP contribution in [0.1, 0.15) is 68.6 Å². The van der Waals surface area contributed by atoms with Crippen molar-refractivity contribution in [2.75, 3.05) is 13.1 Å². The van der Waals surface area contributed by atoms with Crippen LogP contribution in [-0.2, 0) is 43.2 Å². The van der Waals surface area contributed by atoms with E-state index in [9.17, 15) is 34.2 Å². The first-order valence-electron chi connectivity index (χ1n) is 22.2. The molecule has 2 aromatic heterocycles. The van der Waals surface area contributed by atoms with E-state index in [-0.39, 0.29) is 69.8 Å². The molecule has 0 spiro atoms. The van der Waals surface area contributed by atoms with Crippen molar-refractivity contribution in [2.45, 2.75) is 114 Å². The first-order valence-corrected chi connectivity index (χ1v) is 22.2. The van der Waals surface area contributed by atoms with Crippen molar-refractivity contribution < 1.29 is 34.2 Å². The minimum Gasteiger partial charge on any atom is -0.377 e. The van der Waals surface area contributed by atoms with Crippen LogP contribution in [0.5, 0.6) is 0 Å². The summed E-state index contributed by atoms with van der Waals surface area (Å²) in [5.41, 5.74) is 20.1. The number of guanidine groups is 1. The second kappa shape index (κ2) is 25.2. The zero-order chi connectivity index (χ0) is 46.7. The molecule has 0 bridgehead atoms. The molecule has 0 unspecified atom stereocenters. The van der Waals surface area contributed by atoms with Gasteiger partial charge in [0, 0.05) is 67.8 Å². The number of pyridine rings is 1. The number of carbonyl (C=O) groups is 5. The SMILES string of the molecule is C[C@H]1CCC(=O)NCCCC[C@@H]([C@@H](N)O)NC(=O)[C@H](Cc2c[nH]c3ccccc23)NC(=O)[C@H](CCCN=C(N)N)N[C@@H](O)[C@@H](Cc2ccccc2)NC(=O)[C@H](Cc2cccnc2)NC1=O. The molecule has 19 heteroatoms. The van der Waals surface area contributed by atoms with Gasteiger partial charge < -0.3 is 59.0 Å². The van der Waals surface area contributed by atoms with Gasteiger partial charge in [-0.3, -0.25) is 39.3 Å². The summed E-state index contributed by atoms with van der Waals surface area (Å²) in [6.45, 7) is 2.13. The van der Waals surface area contributed by atoms with Crippen molar-refractivity contribution >= 4 is 46.4 Å². The Morgan fingerprint density at radius 3 is 2.23 bits per heavy atom. The van der Waals surface area contributed by atoms with Crippen LogP contribution in [-0.4, -0.2) is 111 Å². The van der Waals surface area contributed by atoms with Gasteiger partial charge in [0.05, 0.1) is 18.1 Å². The van der Waals surface area contributed by atoms with Gasteiger partial charge in [-0.15, -0.1) is 0 Å². The van der Waals surface area contributed by atoms with Crippen molar-refractivity contribution in [3.05, 3.63) is 102 Å². The van der Waals surface area contributed by atoms with Crippen LogP contribution < -0.4 is 49.1 Å². The number of rotatable bonds is 11. The number of carbonyl (C=O) groups excluding carboxylic acids is 5. The number of nitrogens with one attached hydrogen (secondary N) is 7. The summed E-state index contributed by atoms with van der Waals surface area (Å²) >= 11 is 0. The zero-order valence-electron chi connectivity index (χ0n) is 36.7. The van der Waals surface area contributed by atoms with Crippen molar-refractivity contribution in [2.24, 2.45) is 28.1 Å². The van der Waals surface area contributed by atoms with Gasteiger partial charge in [0.1, 0.15) is 24.5 Å². The van der Waals surface area contributed by atoms with E-state index < -0.39 is 72.2 Å². The first-order chi connectivity index (χ1) is 31.3. The maximum Gasteiger partial charge on any atom is 0.243 e. The van der Waals surface area contributed by atoms with Gasteiger partial charge in [-0.2, -0.15) is 0 Å². The summed E-state index contributed by atoms with van der Waals surface area (Å²) in [6, 6.07) is 14.7. The van der Waals surface area contributed by atoms with E-state index in [1.54, 1.807) is 37.6 Å². The number of aromatic amines is 1. The molecule has 0 saturated carbocycles. The van der Waals surface area contributed by atoms with Gasteiger partial charge in [-0.05, 0) is 73.8 Å². The molecule has 1 aliphatic heterocycles. The number of H-pyrrole nitrogens is 1. The monoisotopic (exact) mass is 897 g/mol. The van der Waals surface area contributed by atoms with Gasteiger partial charge in [-0.1, -0.05) is 61.5 Å². The highest BCUT2D eigenvalue weighted by molar-refractivity contribution is 5.92. The van der Waals surface area contributed by atoms with Crippen LogP contribution in [0.4, 0.5) is 0 Å². The molecular weight excluding hydrogens is 833 g/mol. The number of aromatic nitrogens is 2. The Kier molecular flexibility index (Phi) is 19.2. The van der Waals surface area contributed by atoms with Crippen LogP contribution in [0.3, 0.4) is 0 Å². The molecule has 5 rings (SSSR count). The Bertz CT molecular complexity index is 2180. The number of nitrogens with two attached hydrogens (primary N) is 3. The minimum absolute atomic E-state index is 0.0413. The van der Waals surface area contributed by atoms with Gasteiger partial charge in [0.2, 0.25) is 29.5 Å². The van der Waals surface area contributed by atoms with Crippen LogP contribution in [0.2, 0.25) is 0 Å². The lowest BCUT2D eigenvalue weighted by Gasteiger charge is -2.31. The van der Waals surface area contributed by atoms with E-state index in [1.165, 1.54) is 0 Å². The third-order valence-corrected chi connectivity index (χ3v) is 11.4. The standard InChI is InChI=1S/C46H64N12O7/c1-28-18-19-39(59)51-21-8-7-16-34(40(47)60)54-45(65)38(25-31-27-53-33-15-6-5-14-32(31)33)58-42(62)35(17-10-22-52-46(48)49)55-43(63)36(23-29-11-3-2-4-12-29)57-44(64)37(56-41(28)61)24-30-13-9-20-50-26-30/h2-6,9,11-15,20,26-28,34-38,40,43,53,55,60,63H,7-8,10,16-19,21-25,47H2,1H3,(H,51,59)(H,54,65)(H,56,61)(H,57,64)(H,58,62)(H4,48,49,52)/t28-,34-,35-,36+,37-,38-,40-,43-/m0/s1. The average molecular weight is 897 g/mol. The lowest BCUT2D eigenvalue weighted by molar-refractivity contribution is -0.132. The number of fused-ring (bicyclic) bond motifs is 1. The molecule has 15 N–H and O–H groups in total. The summed E-state index contributed by atoms with van der Waals surface area (Å²) in [5, 5.41) is 40.8. The number of aliphatic hydroxyl groups excluding tert-OH is 2. The molecule has 350 valence electrons. The molecule has 65 heavy (non-hydrogen) atoms. The molecule has 0 aliphatic carbocycles. The maximum absolute atomic E-state index is 14.5. The molecule has 5 amide bonds. The fraction of sp³-hybridized carbons (Fsp3) is 0.457. The van der Waals surface area contributed by atoms with E-state index in [1.807, 2.05) is 54.6 Å². The molecule has 1 saturated heterocycles. The van der Waals surface area contributed by atoms with Crippen LogP contribution in [0.25, 0.3) is 10.9 Å². The number of hydrogen-bond acceptors (Lipinski definition) is 11. The van der Waals surface area contributed by atoms with E-state index >= 15 is 0 Å². The Morgan fingerprint density at radius 2 is 1.49 bits per heavy atom. The molecule has 8 atom stereocenters. The molecule has 2 aromatic carbocycles. The molecule has 1 fully saturated rings. The normalized spacial score (nSPS) is 24.3. The molecule has 19 nitrogen and oxygen atoms in total. The highest BCUT2D eigenvalue weighted by atomic mass is 16.3. The Labute approximate surface area is 378 Å². The third-order valence-electron chi connectivity index (χ3n) is 11.4. The predicted molar refractivity (Wildman–Crippen MR) is 246 cm³/mol. The van der Waals surface area contributed by atoms with Gasteiger partial charge in [-0.25, -0.2) is 0 Å². The summed E-state index contributed by atoms with van der Waals surface area (Å²) in [7, 11) is 0. The zero-order valence-corrected chi connectivity index (χ0v) is 36.7. The number of para-hydroxylation sites is 1. The highest BCUT2D eigenvalue weighted by Crippen LogP contribution is 2.20. The lowest BCUT2D eigenvalue weighted by atomic mass is 9.99. The van der Waals surface area contributed by atoms with Gasteiger partial charge >= 0.3 is 0 Å². The quantitative estimate of drug-likeness (QED) is 0.0405. The number of nitrogens with zero attached hydrogens (tertiary/aromatic N) is 2. The van der Waals surface area contributed by atoms with E-state index in [0.29, 0.717) is 24.9 Å².